The van der Waals surface area contributed by atoms with Crippen LogP contribution in [0.15, 0.2) is 0 Å². The molecule has 0 saturated heterocycles. The van der Waals surface area contributed by atoms with E-state index in [4.69, 9.17) is 9.84 Å². The van der Waals surface area contributed by atoms with E-state index in [1.807, 2.05) is 20.8 Å². The van der Waals surface area contributed by atoms with Crippen LogP contribution in [0.2, 0.25) is 0 Å². The second-order valence-electron chi connectivity index (χ2n) is 5.03. The number of aliphatic hydroxyl groups excluding tert-OH is 1. The Balaban J connectivity index is 3.40. The molecule has 0 radical (unpaired) electrons. The van der Waals surface area contributed by atoms with Crippen LogP contribution in [0.25, 0.3) is 0 Å². The number of carbonyl (C=O) groups excluding carboxylic acids is 1. The lowest BCUT2D eigenvalue weighted by Crippen LogP contribution is -2.23. The first-order chi connectivity index (χ1) is 6.81. The second kappa shape index (κ2) is 6.83. The third kappa shape index (κ3) is 11.4. The van der Waals surface area contributed by atoms with Crippen molar-refractivity contribution in [1.29, 1.82) is 0 Å². The van der Waals surface area contributed by atoms with Crippen LogP contribution in [0.3, 0.4) is 0 Å². The van der Waals surface area contributed by atoms with Gasteiger partial charge in [-0.1, -0.05) is 12.8 Å². The standard InChI is InChI=1S/C12H24O3/c1-10(13)8-6-5-7-9-11(14)15-12(2,3)4/h10,13H,5-9H2,1-4H3/t10-/m0/s1. The number of carbonyl (C=O) groups is 1. The summed E-state index contributed by atoms with van der Waals surface area (Å²) in [4.78, 5) is 11.3. The van der Waals surface area contributed by atoms with Crippen LogP contribution in [0, 0.1) is 0 Å². The van der Waals surface area contributed by atoms with E-state index in [1.165, 1.54) is 0 Å². The van der Waals surface area contributed by atoms with Gasteiger partial charge in [-0.2, -0.15) is 0 Å². The molecule has 1 N–H and O–H groups in total. The molecule has 3 nitrogen and oxygen atoms in total. The van der Waals surface area contributed by atoms with Gasteiger partial charge in [0.1, 0.15) is 5.60 Å². The van der Waals surface area contributed by atoms with Gasteiger partial charge in [-0.15, -0.1) is 0 Å². The minimum atomic E-state index is -0.378. The van der Waals surface area contributed by atoms with Gasteiger partial charge in [0.25, 0.3) is 0 Å². The van der Waals surface area contributed by atoms with Crippen molar-refractivity contribution in [3.8, 4) is 0 Å². The van der Waals surface area contributed by atoms with Crippen LogP contribution in [-0.2, 0) is 9.53 Å². The molecule has 90 valence electrons. The molecule has 0 rings (SSSR count). The third-order valence-electron chi connectivity index (χ3n) is 1.92. The van der Waals surface area contributed by atoms with E-state index in [0.717, 1.165) is 25.7 Å². The number of aliphatic hydroxyl groups is 1. The molecule has 0 unspecified atom stereocenters. The summed E-state index contributed by atoms with van der Waals surface area (Å²) in [6.07, 6.45) is 3.86. The summed E-state index contributed by atoms with van der Waals surface area (Å²) in [7, 11) is 0. The molecule has 0 amide bonds. The van der Waals surface area contributed by atoms with Crippen LogP contribution in [-0.4, -0.2) is 22.8 Å². The van der Waals surface area contributed by atoms with E-state index in [1.54, 1.807) is 6.92 Å². The van der Waals surface area contributed by atoms with Gasteiger partial charge < -0.3 is 9.84 Å². The highest BCUT2D eigenvalue weighted by molar-refractivity contribution is 5.69. The van der Waals surface area contributed by atoms with Crippen LogP contribution in [0.5, 0.6) is 0 Å². The van der Waals surface area contributed by atoms with Crippen molar-refractivity contribution in [2.45, 2.75) is 71.5 Å². The lowest BCUT2D eigenvalue weighted by Gasteiger charge is -2.19. The van der Waals surface area contributed by atoms with E-state index in [2.05, 4.69) is 0 Å². The predicted molar refractivity (Wildman–Crippen MR) is 60.6 cm³/mol. The van der Waals surface area contributed by atoms with Gasteiger partial charge in [0.2, 0.25) is 0 Å². The average Bonchev–Trinajstić information content (AvgIpc) is 1.99. The summed E-state index contributed by atoms with van der Waals surface area (Å²) in [5.41, 5.74) is -0.378. The molecule has 15 heavy (non-hydrogen) atoms. The Morgan fingerprint density at radius 3 is 2.33 bits per heavy atom. The summed E-state index contributed by atoms with van der Waals surface area (Å²) < 4.78 is 5.18. The fraction of sp³-hybridized carbons (Fsp3) is 0.917. The Labute approximate surface area is 92.8 Å². The molecule has 0 bridgehead atoms. The number of hydrogen-bond donors (Lipinski definition) is 1. The van der Waals surface area contributed by atoms with Crippen LogP contribution >= 0.6 is 0 Å². The van der Waals surface area contributed by atoms with Gasteiger partial charge in [0, 0.05) is 6.42 Å². The van der Waals surface area contributed by atoms with E-state index in [0.29, 0.717) is 6.42 Å². The van der Waals surface area contributed by atoms with Gasteiger partial charge in [-0.3, -0.25) is 4.79 Å². The molecule has 0 aliphatic carbocycles. The minimum absolute atomic E-state index is 0.125. The summed E-state index contributed by atoms with van der Waals surface area (Å²) in [6, 6.07) is 0. The molecule has 0 fully saturated rings. The summed E-state index contributed by atoms with van der Waals surface area (Å²) in [5.74, 6) is -0.125. The molecule has 0 aliphatic heterocycles. The van der Waals surface area contributed by atoms with Crippen molar-refractivity contribution < 1.29 is 14.6 Å². The number of ether oxygens (including phenoxy) is 1. The fourth-order valence-corrected chi connectivity index (χ4v) is 1.28. The van der Waals surface area contributed by atoms with Gasteiger partial charge >= 0.3 is 5.97 Å². The highest BCUT2D eigenvalue weighted by Gasteiger charge is 2.15. The highest BCUT2D eigenvalue weighted by Crippen LogP contribution is 2.11. The van der Waals surface area contributed by atoms with Gasteiger partial charge in [0.15, 0.2) is 0 Å². The third-order valence-corrected chi connectivity index (χ3v) is 1.92. The van der Waals surface area contributed by atoms with Crippen LogP contribution in [0.1, 0.15) is 59.8 Å². The zero-order valence-electron chi connectivity index (χ0n) is 10.4. The van der Waals surface area contributed by atoms with E-state index >= 15 is 0 Å². The van der Waals surface area contributed by atoms with Crippen LogP contribution < -0.4 is 0 Å². The maximum atomic E-state index is 11.3. The molecule has 0 spiro atoms. The molecule has 0 saturated carbocycles. The number of hydrogen-bond acceptors (Lipinski definition) is 3. The summed E-state index contributed by atoms with van der Waals surface area (Å²) >= 11 is 0. The molecule has 1 atom stereocenters. The number of unbranched alkanes of at least 4 members (excludes halogenated alkanes) is 2. The first kappa shape index (κ1) is 14.4. The van der Waals surface area contributed by atoms with Gasteiger partial charge in [-0.25, -0.2) is 0 Å². The SMILES string of the molecule is C[C@H](O)CCCCCC(=O)OC(C)(C)C. The molecular weight excluding hydrogens is 192 g/mol. The van der Waals surface area contributed by atoms with E-state index in [9.17, 15) is 4.79 Å². The van der Waals surface area contributed by atoms with Crippen molar-refractivity contribution >= 4 is 5.97 Å². The Bertz CT molecular complexity index is 180. The lowest BCUT2D eigenvalue weighted by molar-refractivity contribution is -0.154. The first-order valence-electron chi connectivity index (χ1n) is 5.71. The quantitative estimate of drug-likeness (QED) is 0.548. The smallest absolute Gasteiger partial charge is 0.306 e. The maximum Gasteiger partial charge on any atom is 0.306 e. The number of esters is 1. The molecule has 0 aromatic carbocycles. The Kier molecular flexibility index (Phi) is 6.57. The molecule has 0 heterocycles. The highest BCUT2D eigenvalue weighted by atomic mass is 16.6. The molecule has 0 aromatic heterocycles. The Morgan fingerprint density at radius 1 is 1.27 bits per heavy atom. The minimum Gasteiger partial charge on any atom is -0.460 e. The summed E-state index contributed by atoms with van der Waals surface area (Å²) in [6.45, 7) is 7.41. The van der Waals surface area contributed by atoms with Crippen LogP contribution in [0.4, 0.5) is 0 Å². The van der Waals surface area contributed by atoms with Crippen molar-refractivity contribution in [2.24, 2.45) is 0 Å². The molecule has 0 aromatic rings. The lowest BCUT2D eigenvalue weighted by atomic mass is 10.1. The van der Waals surface area contributed by atoms with Crippen molar-refractivity contribution in [3.63, 3.8) is 0 Å². The zero-order valence-corrected chi connectivity index (χ0v) is 10.4. The molecular formula is C12H24O3. The van der Waals surface area contributed by atoms with Gasteiger partial charge in [-0.05, 0) is 40.5 Å². The van der Waals surface area contributed by atoms with Crippen molar-refractivity contribution in [3.05, 3.63) is 0 Å². The van der Waals surface area contributed by atoms with E-state index in [-0.39, 0.29) is 17.7 Å². The number of rotatable bonds is 6. The Hall–Kier alpha value is -0.570. The second-order valence-corrected chi connectivity index (χ2v) is 5.03. The topological polar surface area (TPSA) is 46.5 Å². The maximum absolute atomic E-state index is 11.3. The first-order valence-corrected chi connectivity index (χ1v) is 5.71. The predicted octanol–water partition coefficient (Wildman–Crippen LogP) is 2.66. The largest absolute Gasteiger partial charge is 0.460 e. The summed E-state index contributed by atoms with van der Waals surface area (Å²) in [5, 5.41) is 9.02. The Morgan fingerprint density at radius 2 is 1.87 bits per heavy atom. The fourth-order valence-electron chi connectivity index (χ4n) is 1.28. The van der Waals surface area contributed by atoms with E-state index < -0.39 is 0 Å². The van der Waals surface area contributed by atoms with Crippen molar-refractivity contribution in [1.82, 2.24) is 0 Å². The van der Waals surface area contributed by atoms with Crippen molar-refractivity contribution in [2.75, 3.05) is 0 Å². The molecule has 0 aliphatic rings. The zero-order chi connectivity index (χ0) is 11.9. The monoisotopic (exact) mass is 216 g/mol. The normalized spacial score (nSPS) is 13.7. The van der Waals surface area contributed by atoms with Gasteiger partial charge in [0.05, 0.1) is 6.10 Å². The molecule has 3 heteroatoms. The average molecular weight is 216 g/mol.